The molecule has 0 bridgehead atoms. The fourth-order valence-electron chi connectivity index (χ4n) is 3.46. The number of aromatic nitrogens is 3. The average molecular weight is 420 g/mol. The molecule has 0 saturated carbocycles. The van der Waals surface area contributed by atoms with Crippen molar-refractivity contribution in [2.45, 2.75) is 6.42 Å². The second kappa shape index (κ2) is 9.29. The summed E-state index contributed by atoms with van der Waals surface area (Å²) in [4.78, 5) is 26.5. The standard InChI is InChI=1S/C22H24N6O3/c1-31-18-6-4-17(5-7-18)28-15-16(14-21(28)29)22(30)24-11-10-23-19-8-9-20(26-25-19)27-12-2-3-13-27/h2-9,12-13,16H,10-11,14-15H2,1H3,(H,23,25)(H,24,30). The number of methoxy groups -OCH3 is 1. The van der Waals surface area contributed by atoms with Crippen molar-refractivity contribution in [2.75, 3.05) is 37.0 Å². The van der Waals surface area contributed by atoms with Crippen molar-refractivity contribution in [2.24, 2.45) is 5.92 Å². The highest BCUT2D eigenvalue weighted by atomic mass is 16.5. The van der Waals surface area contributed by atoms with Crippen LogP contribution in [0.2, 0.25) is 0 Å². The van der Waals surface area contributed by atoms with E-state index in [2.05, 4.69) is 20.8 Å². The molecule has 0 aliphatic carbocycles. The third kappa shape index (κ3) is 4.82. The summed E-state index contributed by atoms with van der Waals surface area (Å²) in [6.07, 6.45) is 4.00. The van der Waals surface area contributed by atoms with E-state index in [0.29, 0.717) is 25.5 Å². The van der Waals surface area contributed by atoms with Crippen LogP contribution in [0.4, 0.5) is 11.5 Å². The fraction of sp³-hybridized carbons (Fsp3) is 0.273. The number of amides is 2. The van der Waals surface area contributed by atoms with E-state index >= 15 is 0 Å². The molecule has 9 heteroatoms. The number of carbonyl (C=O) groups is 2. The van der Waals surface area contributed by atoms with Gasteiger partial charge in [0.2, 0.25) is 11.8 Å². The molecule has 1 unspecified atom stereocenters. The Morgan fingerprint density at radius 1 is 1.10 bits per heavy atom. The SMILES string of the molecule is COc1ccc(N2CC(C(=O)NCCNc3ccc(-n4cccc4)nn3)CC2=O)cc1. The minimum Gasteiger partial charge on any atom is -0.497 e. The van der Waals surface area contributed by atoms with Crippen molar-refractivity contribution in [3.8, 4) is 11.6 Å². The lowest BCUT2D eigenvalue weighted by Crippen LogP contribution is -2.35. The summed E-state index contributed by atoms with van der Waals surface area (Å²) in [5.74, 6) is 1.54. The molecule has 160 valence electrons. The fourth-order valence-corrected chi connectivity index (χ4v) is 3.46. The first-order valence-corrected chi connectivity index (χ1v) is 10.1. The van der Waals surface area contributed by atoms with Crippen molar-refractivity contribution in [3.63, 3.8) is 0 Å². The van der Waals surface area contributed by atoms with E-state index in [1.54, 1.807) is 24.1 Å². The Hall–Kier alpha value is -3.88. The van der Waals surface area contributed by atoms with Crippen LogP contribution in [0.1, 0.15) is 6.42 Å². The van der Waals surface area contributed by atoms with Crippen LogP contribution in [0.3, 0.4) is 0 Å². The maximum atomic E-state index is 12.5. The first-order valence-electron chi connectivity index (χ1n) is 10.1. The highest BCUT2D eigenvalue weighted by molar-refractivity contribution is 6.00. The summed E-state index contributed by atoms with van der Waals surface area (Å²) in [5, 5.41) is 14.3. The van der Waals surface area contributed by atoms with E-state index in [1.165, 1.54) is 0 Å². The number of benzene rings is 1. The van der Waals surface area contributed by atoms with Gasteiger partial charge in [0.15, 0.2) is 5.82 Å². The van der Waals surface area contributed by atoms with Gasteiger partial charge in [0.1, 0.15) is 11.6 Å². The molecule has 2 aromatic heterocycles. The Morgan fingerprint density at radius 2 is 1.87 bits per heavy atom. The second-order valence-electron chi connectivity index (χ2n) is 7.19. The normalized spacial score (nSPS) is 15.7. The van der Waals surface area contributed by atoms with Crippen LogP contribution >= 0.6 is 0 Å². The van der Waals surface area contributed by atoms with Crippen molar-refractivity contribution in [1.29, 1.82) is 0 Å². The van der Waals surface area contributed by atoms with Gasteiger partial charge in [-0.1, -0.05) is 0 Å². The smallest absolute Gasteiger partial charge is 0.227 e. The Balaban J connectivity index is 1.22. The van der Waals surface area contributed by atoms with Crippen LogP contribution in [-0.4, -0.2) is 53.3 Å². The van der Waals surface area contributed by atoms with Gasteiger partial charge in [-0.3, -0.25) is 9.59 Å². The lowest BCUT2D eigenvalue weighted by Gasteiger charge is -2.17. The molecule has 1 aliphatic heterocycles. The summed E-state index contributed by atoms with van der Waals surface area (Å²) in [7, 11) is 1.59. The number of hydrogen-bond acceptors (Lipinski definition) is 6. The number of nitrogens with zero attached hydrogens (tertiary/aromatic N) is 4. The zero-order valence-corrected chi connectivity index (χ0v) is 17.2. The monoisotopic (exact) mass is 420 g/mol. The van der Waals surface area contributed by atoms with Crippen molar-refractivity contribution >= 4 is 23.3 Å². The minimum atomic E-state index is -0.366. The molecule has 31 heavy (non-hydrogen) atoms. The Bertz CT molecular complexity index is 1020. The number of ether oxygens (including phenoxy) is 1. The highest BCUT2D eigenvalue weighted by Gasteiger charge is 2.34. The molecule has 4 rings (SSSR count). The molecule has 1 aliphatic rings. The molecular formula is C22H24N6O3. The van der Waals surface area contributed by atoms with E-state index in [1.807, 2.05) is 53.4 Å². The summed E-state index contributed by atoms with van der Waals surface area (Å²) in [5.41, 5.74) is 0.768. The van der Waals surface area contributed by atoms with E-state index in [0.717, 1.165) is 17.3 Å². The molecule has 2 amide bonds. The number of hydrogen-bond donors (Lipinski definition) is 2. The van der Waals surface area contributed by atoms with Crippen LogP contribution < -0.4 is 20.3 Å². The van der Waals surface area contributed by atoms with Gasteiger partial charge >= 0.3 is 0 Å². The molecule has 3 heterocycles. The molecule has 1 saturated heterocycles. The van der Waals surface area contributed by atoms with Crippen LogP contribution in [-0.2, 0) is 9.59 Å². The number of carbonyl (C=O) groups excluding carboxylic acids is 2. The number of nitrogens with one attached hydrogen (secondary N) is 2. The lowest BCUT2D eigenvalue weighted by atomic mass is 10.1. The maximum Gasteiger partial charge on any atom is 0.227 e. The number of rotatable bonds is 8. The summed E-state index contributed by atoms with van der Waals surface area (Å²) >= 11 is 0. The zero-order chi connectivity index (χ0) is 21.6. The second-order valence-corrected chi connectivity index (χ2v) is 7.19. The minimum absolute atomic E-state index is 0.0542. The van der Waals surface area contributed by atoms with Gasteiger partial charge < -0.3 is 24.8 Å². The largest absolute Gasteiger partial charge is 0.497 e. The first kappa shape index (κ1) is 20.4. The van der Waals surface area contributed by atoms with Gasteiger partial charge in [0.25, 0.3) is 0 Å². The van der Waals surface area contributed by atoms with Gasteiger partial charge in [-0.05, 0) is 48.5 Å². The van der Waals surface area contributed by atoms with Gasteiger partial charge in [-0.2, -0.15) is 0 Å². The predicted molar refractivity (Wildman–Crippen MR) is 116 cm³/mol. The predicted octanol–water partition coefficient (Wildman–Crippen LogP) is 1.86. The molecular weight excluding hydrogens is 396 g/mol. The van der Waals surface area contributed by atoms with E-state index in [9.17, 15) is 9.59 Å². The Labute approximate surface area is 180 Å². The highest BCUT2D eigenvalue weighted by Crippen LogP contribution is 2.26. The third-order valence-electron chi connectivity index (χ3n) is 5.13. The van der Waals surface area contributed by atoms with Gasteiger partial charge in [0.05, 0.1) is 13.0 Å². The summed E-state index contributed by atoms with van der Waals surface area (Å²) < 4.78 is 7.01. The Kier molecular flexibility index (Phi) is 6.11. The van der Waals surface area contributed by atoms with Crippen molar-refractivity contribution in [3.05, 3.63) is 60.9 Å². The quantitative estimate of drug-likeness (QED) is 0.540. The first-order chi connectivity index (χ1) is 15.1. The van der Waals surface area contributed by atoms with Crippen LogP contribution in [0, 0.1) is 5.92 Å². The topological polar surface area (TPSA) is 101 Å². The van der Waals surface area contributed by atoms with Crippen molar-refractivity contribution in [1.82, 2.24) is 20.1 Å². The van der Waals surface area contributed by atoms with E-state index in [-0.39, 0.29) is 24.2 Å². The van der Waals surface area contributed by atoms with E-state index in [4.69, 9.17) is 4.74 Å². The van der Waals surface area contributed by atoms with Crippen LogP contribution in [0.25, 0.3) is 5.82 Å². The summed E-state index contributed by atoms with van der Waals surface area (Å²) in [6.45, 7) is 1.30. The molecule has 3 aromatic rings. The van der Waals surface area contributed by atoms with Gasteiger partial charge in [-0.25, -0.2) is 0 Å². The van der Waals surface area contributed by atoms with E-state index < -0.39 is 0 Å². The third-order valence-corrected chi connectivity index (χ3v) is 5.13. The van der Waals surface area contributed by atoms with Crippen molar-refractivity contribution < 1.29 is 14.3 Å². The molecule has 9 nitrogen and oxygen atoms in total. The lowest BCUT2D eigenvalue weighted by molar-refractivity contribution is -0.126. The maximum absolute atomic E-state index is 12.5. The molecule has 2 N–H and O–H groups in total. The van der Waals surface area contributed by atoms with Crippen LogP contribution in [0.5, 0.6) is 5.75 Å². The zero-order valence-electron chi connectivity index (χ0n) is 17.2. The average Bonchev–Trinajstić information content (AvgIpc) is 3.47. The molecule has 1 fully saturated rings. The number of anilines is 2. The van der Waals surface area contributed by atoms with Gasteiger partial charge in [-0.15, -0.1) is 10.2 Å². The molecule has 0 radical (unpaired) electrons. The van der Waals surface area contributed by atoms with Crippen LogP contribution in [0.15, 0.2) is 60.9 Å². The molecule has 1 atom stereocenters. The Morgan fingerprint density at radius 3 is 2.55 bits per heavy atom. The molecule has 0 spiro atoms. The van der Waals surface area contributed by atoms with Gasteiger partial charge in [0, 0.05) is 44.1 Å². The molecule has 1 aromatic carbocycles. The summed E-state index contributed by atoms with van der Waals surface area (Å²) in [6, 6.07) is 14.8.